The van der Waals surface area contributed by atoms with Crippen LogP contribution in [0.15, 0.2) is 72.8 Å². The van der Waals surface area contributed by atoms with Gasteiger partial charge in [-0.3, -0.25) is 4.55 Å². The van der Waals surface area contributed by atoms with Crippen LogP contribution in [0.3, 0.4) is 0 Å². The molecule has 3 rings (SSSR count). The van der Waals surface area contributed by atoms with Crippen molar-refractivity contribution in [3.8, 4) is 11.5 Å². The third-order valence-electron chi connectivity index (χ3n) is 4.19. The van der Waals surface area contributed by atoms with Gasteiger partial charge in [-0.1, -0.05) is 12.1 Å². The van der Waals surface area contributed by atoms with Crippen LogP contribution >= 0.6 is 0 Å². The van der Waals surface area contributed by atoms with Gasteiger partial charge in [-0.2, -0.15) is 0 Å². The molecule has 0 saturated heterocycles. The summed E-state index contributed by atoms with van der Waals surface area (Å²) in [5.74, 6) is 0.161. The van der Waals surface area contributed by atoms with Gasteiger partial charge in [0, 0.05) is 0 Å². The molecule has 0 radical (unpaired) electrons. The Morgan fingerprint density at radius 1 is 0.900 bits per heavy atom. The lowest BCUT2D eigenvalue weighted by Gasteiger charge is -2.20. The average molecular weight is 427 g/mol. The van der Waals surface area contributed by atoms with Crippen LogP contribution in [0.2, 0.25) is 0 Å². The van der Waals surface area contributed by atoms with Crippen molar-refractivity contribution in [2.24, 2.45) is 0 Å². The Morgan fingerprint density at radius 2 is 1.47 bits per heavy atom. The Morgan fingerprint density at radius 3 is 1.97 bits per heavy atom. The van der Waals surface area contributed by atoms with Gasteiger partial charge in [0.15, 0.2) is 0 Å². The molecule has 3 aromatic carbocycles. The van der Waals surface area contributed by atoms with Gasteiger partial charge in [-0.05, 0) is 73.2 Å². The quantitative estimate of drug-likeness (QED) is 0.387. The molecular weight excluding hydrogens is 406 g/mol. The number of anilines is 2. The molecule has 0 aliphatic heterocycles. The summed E-state index contributed by atoms with van der Waals surface area (Å²) in [6, 6.07) is 20.3. The molecule has 0 bridgehead atoms. The number of nitrogens with zero attached hydrogens (tertiary/aromatic N) is 1. The number of hydrogen-bond acceptors (Lipinski definition) is 4. The highest BCUT2D eigenvalue weighted by atomic mass is 32.2. The molecule has 0 aliphatic rings. The van der Waals surface area contributed by atoms with Crippen LogP contribution in [-0.2, 0) is 11.3 Å². The molecule has 8 heteroatoms. The highest BCUT2D eigenvalue weighted by Crippen LogP contribution is 2.29. The lowest BCUT2D eigenvalue weighted by atomic mass is 10.2. The van der Waals surface area contributed by atoms with E-state index in [9.17, 15) is 13.6 Å². The summed E-state index contributed by atoms with van der Waals surface area (Å²) in [6.45, 7) is 2.49. The summed E-state index contributed by atoms with van der Waals surface area (Å²) in [5.41, 5.74) is 2.36. The Balaban J connectivity index is 1.56. The minimum absolute atomic E-state index is 0.196. The molecule has 0 amide bonds. The van der Waals surface area contributed by atoms with E-state index in [4.69, 9.17) is 14.6 Å². The highest BCUT2D eigenvalue weighted by molar-refractivity contribution is 7.81. The van der Waals surface area contributed by atoms with E-state index in [1.54, 1.807) is 42.5 Å². The van der Waals surface area contributed by atoms with E-state index in [1.165, 1.54) is 16.4 Å². The number of rotatable bonds is 9. The average Bonchev–Trinajstić information content (AvgIpc) is 2.72. The minimum atomic E-state index is -2.22. The normalized spacial score (nSPS) is 11.5. The van der Waals surface area contributed by atoms with Crippen molar-refractivity contribution in [2.75, 3.05) is 17.5 Å². The van der Waals surface area contributed by atoms with Crippen molar-refractivity contribution in [1.82, 2.24) is 0 Å². The van der Waals surface area contributed by atoms with E-state index in [0.29, 0.717) is 22.9 Å². The van der Waals surface area contributed by atoms with Crippen molar-refractivity contribution < 1.29 is 28.1 Å². The van der Waals surface area contributed by atoms with Gasteiger partial charge in [0.1, 0.15) is 24.7 Å². The molecule has 0 aliphatic carbocycles. The Kier molecular flexibility index (Phi) is 7.05. The van der Waals surface area contributed by atoms with E-state index in [1.807, 2.05) is 25.1 Å². The molecule has 156 valence electrons. The van der Waals surface area contributed by atoms with Gasteiger partial charge in [0.05, 0.1) is 16.9 Å². The van der Waals surface area contributed by atoms with Crippen molar-refractivity contribution >= 4 is 28.6 Å². The number of ether oxygens (including phenoxy) is 2. The summed E-state index contributed by atoms with van der Waals surface area (Å²) in [4.78, 5) is 10.8. The first-order chi connectivity index (χ1) is 14.4. The second-order valence-corrected chi connectivity index (χ2v) is 7.21. The smallest absolute Gasteiger partial charge is 0.335 e. The summed E-state index contributed by atoms with van der Waals surface area (Å²) in [7, 11) is 0. The molecule has 1 unspecified atom stereocenters. The predicted octanol–water partition coefficient (Wildman–Crippen LogP) is 4.43. The lowest BCUT2D eigenvalue weighted by Crippen LogP contribution is -2.19. The van der Waals surface area contributed by atoms with Crippen LogP contribution in [-0.4, -0.2) is 33.1 Å². The van der Waals surface area contributed by atoms with Crippen molar-refractivity contribution in [1.29, 1.82) is 0 Å². The van der Waals surface area contributed by atoms with E-state index < -0.39 is 17.2 Å². The Bertz CT molecular complexity index is 1020. The minimum Gasteiger partial charge on any atom is -0.490 e. The molecule has 2 N–H and O–H groups in total. The highest BCUT2D eigenvalue weighted by Gasteiger charge is 2.15. The van der Waals surface area contributed by atoms with Crippen molar-refractivity contribution in [3.05, 3.63) is 83.9 Å². The monoisotopic (exact) mass is 427 g/mol. The fraction of sp³-hybridized carbons (Fsp3) is 0.136. The third-order valence-corrected chi connectivity index (χ3v) is 4.92. The molecule has 0 aromatic heterocycles. The van der Waals surface area contributed by atoms with Crippen LogP contribution in [0, 0.1) is 6.92 Å². The van der Waals surface area contributed by atoms with E-state index in [0.717, 1.165) is 5.56 Å². The number of carboxylic acid groups (broad SMARTS) is 1. The van der Waals surface area contributed by atoms with Gasteiger partial charge in [-0.15, -0.1) is 0 Å². The maximum Gasteiger partial charge on any atom is 0.335 e. The first-order valence-corrected chi connectivity index (χ1v) is 10.2. The zero-order valence-corrected chi connectivity index (χ0v) is 17.0. The molecular formula is C22H21NO6S. The number of aromatic carboxylic acids is 1. The molecule has 30 heavy (non-hydrogen) atoms. The van der Waals surface area contributed by atoms with Gasteiger partial charge in [0.2, 0.25) is 0 Å². The Labute approximate surface area is 176 Å². The van der Waals surface area contributed by atoms with Crippen molar-refractivity contribution in [3.63, 3.8) is 0 Å². The molecule has 0 fully saturated rings. The number of hydrogen-bond donors (Lipinski definition) is 2. The van der Waals surface area contributed by atoms with E-state index in [-0.39, 0.29) is 18.8 Å². The zero-order valence-electron chi connectivity index (χ0n) is 16.2. The maximum atomic E-state index is 11.9. The number of carboxylic acids is 1. The summed E-state index contributed by atoms with van der Waals surface area (Å²) in [6.07, 6.45) is 0. The predicted molar refractivity (Wildman–Crippen MR) is 115 cm³/mol. The van der Waals surface area contributed by atoms with Gasteiger partial charge < -0.3 is 14.6 Å². The number of aryl methyl sites for hydroxylation is 1. The largest absolute Gasteiger partial charge is 0.490 e. The third kappa shape index (κ3) is 5.59. The molecule has 0 heterocycles. The van der Waals surface area contributed by atoms with Gasteiger partial charge in [0.25, 0.3) is 11.3 Å². The molecule has 1 atom stereocenters. The topological polar surface area (TPSA) is 96.3 Å². The molecule has 0 saturated carbocycles. The fourth-order valence-electron chi connectivity index (χ4n) is 2.77. The van der Waals surface area contributed by atoms with Gasteiger partial charge in [-0.25, -0.2) is 13.3 Å². The molecule has 7 nitrogen and oxygen atoms in total. The summed E-state index contributed by atoms with van der Waals surface area (Å²) < 4.78 is 34.1. The second-order valence-electron chi connectivity index (χ2n) is 6.38. The van der Waals surface area contributed by atoms with E-state index in [2.05, 4.69) is 0 Å². The summed E-state index contributed by atoms with van der Waals surface area (Å²) >= 11 is -2.22. The van der Waals surface area contributed by atoms with Crippen LogP contribution in [0.4, 0.5) is 11.4 Å². The fourth-order valence-corrected chi connectivity index (χ4v) is 3.37. The molecule has 0 spiro atoms. The van der Waals surface area contributed by atoms with E-state index >= 15 is 0 Å². The van der Waals surface area contributed by atoms with Crippen LogP contribution < -0.4 is 13.8 Å². The second kappa shape index (κ2) is 9.91. The van der Waals surface area contributed by atoms with Crippen LogP contribution in [0.5, 0.6) is 11.5 Å². The zero-order chi connectivity index (χ0) is 21.5. The maximum absolute atomic E-state index is 11.9. The van der Waals surface area contributed by atoms with Gasteiger partial charge >= 0.3 is 5.97 Å². The lowest BCUT2D eigenvalue weighted by molar-refractivity contribution is 0.0697. The molecule has 3 aromatic rings. The first-order valence-electron chi connectivity index (χ1n) is 9.11. The van der Waals surface area contributed by atoms with Crippen molar-refractivity contribution in [2.45, 2.75) is 6.92 Å². The SMILES string of the molecule is Cc1cccc(N(c2ccc(OCCOc3ccc(C(=O)O)cc3)cc2)S(=O)O)c1. The van der Waals surface area contributed by atoms with Crippen LogP contribution in [0.25, 0.3) is 0 Å². The first kappa shape index (κ1) is 21.4. The number of carbonyl (C=O) groups is 1. The summed E-state index contributed by atoms with van der Waals surface area (Å²) in [5, 5.41) is 8.88. The van der Waals surface area contributed by atoms with Crippen LogP contribution in [0.1, 0.15) is 15.9 Å². The number of benzene rings is 3. The Hall–Kier alpha value is -3.36. The standard InChI is InChI=1S/C22H21NO6S/c1-16-3-2-4-19(15-16)23(30(26)27)18-7-11-21(12-8-18)29-14-13-28-20-9-5-17(6-10-20)22(24)25/h2-12,15H,13-14H2,1H3,(H,24,25)(H,26,27).